The minimum absolute atomic E-state index is 0.141. The average molecular weight is 399 g/mol. The number of thiophene rings is 1. The molecule has 0 amide bonds. The Bertz CT molecular complexity index is 395. The van der Waals surface area contributed by atoms with Crippen molar-refractivity contribution in [3.8, 4) is 0 Å². The fraction of sp³-hybridized carbons (Fsp3) is 0.583. The van der Waals surface area contributed by atoms with E-state index in [0.29, 0.717) is 19.8 Å². The van der Waals surface area contributed by atoms with Crippen LogP contribution in [0, 0.1) is 0 Å². The van der Waals surface area contributed by atoms with Crippen LogP contribution in [-0.2, 0) is 4.74 Å². The second-order valence-corrected chi connectivity index (χ2v) is 7.48. The summed E-state index contributed by atoms with van der Waals surface area (Å²) in [6.45, 7) is 7.49. The molecule has 102 valence electrons. The Kier molecular flexibility index (Phi) is 7.63. The van der Waals surface area contributed by atoms with Gasteiger partial charge in [0, 0.05) is 18.7 Å². The normalized spacial score (nSPS) is 11.2. The Hall–Kier alpha value is 0.250. The fourth-order valence-corrected chi connectivity index (χ4v) is 4.36. The number of halogens is 2. The summed E-state index contributed by atoms with van der Waals surface area (Å²) < 4.78 is 7.17. The summed E-state index contributed by atoms with van der Waals surface area (Å²) in [5.41, 5.74) is 0.752. The summed E-state index contributed by atoms with van der Waals surface area (Å²) in [7, 11) is 0. The van der Waals surface area contributed by atoms with Crippen LogP contribution in [0.5, 0.6) is 0 Å². The molecule has 0 aliphatic carbocycles. The van der Waals surface area contributed by atoms with Crippen molar-refractivity contribution in [2.24, 2.45) is 0 Å². The van der Waals surface area contributed by atoms with E-state index < -0.39 is 0 Å². The summed E-state index contributed by atoms with van der Waals surface area (Å²) in [5.74, 6) is 0.141. The van der Waals surface area contributed by atoms with Crippen molar-refractivity contribution < 1.29 is 9.53 Å². The number of ether oxygens (including phenoxy) is 1. The van der Waals surface area contributed by atoms with E-state index in [-0.39, 0.29) is 5.78 Å². The van der Waals surface area contributed by atoms with E-state index in [1.165, 1.54) is 11.3 Å². The number of likely N-dealkylation sites (N-methyl/N-ethyl adjacent to an activating group) is 1. The molecule has 0 atom stereocenters. The van der Waals surface area contributed by atoms with E-state index in [1.54, 1.807) is 0 Å². The Morgan fingerprint density at radius 3 is 2.67 bits per heavy atom. The van der Waals surface area contributed by atoms with Crippen molar-refractivity contribution in [1.29, 1.82) is 0 Å². The van der Waals surface area contributed by atoms with E-state index in [9.17, 15) is 4.79 Å². The first-order chi connectivity index (χ1) is 8.58. The molecule has 1 heterocycles. The molecule has 0 unspecified atom stereocenters. The Labute approximate surface area is 129 Å². The van der Waals surface area contributed by atoms with Crippen LogP contribution in [0.2, 0.25) is 0 Å². The summed E-state index contributed by atoms with van der Waals surface area (Å²) in [4.78, 5) is 14.2. The lowest BCUT2D eigenvalue weighted by atomic mass is 10.2. The molecule has 0 aliphatic rings. The molecule has 3 nitrogen and oxygen atoms in total. The van der Waals surface area contributed by atoms with Crippen molar-refractivity contribution in [3.05, 3.63) is 19.2 Å². The molecule has 0 fully saturated rings. The van der Waals surface area contributed by atoms with Gasteiger partial charge in [0.25, 0.3) is 0 Å². The Balaban J connectivity index is 2.54. The molecule has 18 heavy (non-hydrogen) atoms. The predicted octanol–water partition coefficient (Wildman–Crippen LogP) is 3.81. The quantitative estimate of drug-likeness (QED) is 0.492. The van der Waals surface area contributed by atoms with Crippen molar-refractivity contribution in [3.63, 3.8) is 0 Å². The van der Waals surface area contributed by atoms with Crippen LogP contribution in [0.4, 0.5) is 0 Å². The molecule has 0 aromatic carbocycles. The van der Waals surface area contributed by atoms with Gasteiger partial charge in [-0.25, -0.2) is 0 Å². The van der Waals surface area contributed by atoms with Crippen molar-refractivity contribution >= 4 is 49.0 Å². The fourth-order valence-electron chi connectivity index (χ4n) is 1.51. The molecule has 0 spiro atoms. The highest BCUT2D eigenvalue weighted by Crippen LogP contribution is 2.32. The van der Waals surface area contributed by atoms with Gasteiger partial charge in [0.1, 0.15) is 0 Å². The summed E-state index contributed by atoms with van der Waals surface area (Å²) in [6, 6.07) is 1.87. The van der Waals surface area contributed by atoms with Crippen LogP contribution in [-0.4, -0.2) is 43.5 Å². The van der Waals surface area contributed by atoms with E-state index in [2.05, 4.69) is 43.7 Å². The number of hydrogen-bond donors (Lipinski definition) is 0. The molecule has 1 aromatic rings. The number of hydrogen-bond acceptors (Lipinski definition) is 4. The van der Waals surface area contributed by atoms with Gasteiger partial charge in [-0.3, -0.25) is 9.69 Å². The zero-order valence-electron chi connectivity index (χ0n) is 10.5. The highest BCUT2D eigenvalue weighted by Gasteiger charge is 2.16. The predicted molar refractivity (Wildman–Crippen MR) is 82.7 cm³/mol. The number of nitrogens with zero attached hydrogens (tertiary/aromatic N) is 1. The summed E-state index contributed by atoms with van der Waals surface area (Å²) >= 11 is 8.33. The van der Waals surface area contributed by atoms with Gasteiger partial charge in [-0.05, 0) is 51.4 Å². The number of carbonyl (C=O) groups excluding carboxylic acids is 1. The van der Waals surface area contributed by atoms with E-state index in [4.69, 9.17) is 4.74 Å². The first kappa shape index (κ1) is 16.3. The molecule has 0 saturated heterocycles. The maximum absolute atomic E-state index is 12.2. The monoisotopic (exact) mass is 397 g/mol. The van der Waals surface area contributed by atoms with Gasteiger partial charge in [0.05, 0.1) is 20.7 Å². The minimum atomic E-state index is 0.141. The molecule has 0 N–H and O–H groups in total. The van der Waals surface area contributed by atoms with Crippen LogP contribution in [0.3, 0.4) is 0 Å². The van der Waals surface area contributed by atoms with Crippen LogP contribution >= 0.6 is 43.2 Å². The van der Waals surface area contributed by atoms with Crippen LogP contribution in [0.25, 0.3) is 0 Å². The molecular weight excluding hydrogens is 382 g/mol. The minimum Gasteiger partial charge on any atom is -0.380 e. The molecule has 1 aromatic heterocycles. The topological polar surface area (TPSA) is 29.5 Å². The number of ketones is 1. The van der Waals surface area contributed by atoms with Gasteiger partial charge in [-0.15, -0.1) is 11.3 Å². The third-order valence-electron chi connectivity index (χ3n) is 2.53. The smallest absolute Gasteiger partial charge is 0.178 e. The molecule has 1 rings (SSSR count). The third kappa shape index (κ3) is 5.09. The lowest BCUT2D eigenvalue weighted by Gasteiger charge is -2.19. The Morgan fingerprint density at radius 1 is 1.44 bits per heavy atom. The second kappa shape index (κ2) is 8.43. The van der Waals surface area contributed by atoms with Gasteiger partial charge in [-0.1, -0.05) is 6.92 Å². The van der Waals surface area contributed by atoms with E-state index >= 15 is 0 Å². The van der Waals surface area contributed by atoms with E-state index in [1.807, 2.05) is 13.0 Å². The third-order valence-corrected chi connectivity index (χ3v) is 4.87. The largest absolute Gasteiger partial charge is 0.380 e. The van der Waals surface area contributed by atoms with Crippen LogP contribution in [0.1, 0.15) is 24.2 Å². The van der Waals surface area contributed by atoms with Gasteiger partial charge in [0.2, 0.25) is 0 Å². The number of rotatable bonds is 8. The zero-order chi connectivity index (χ0) is 13.5. The van der Waals surface area contributed by atoms with Gasteiger partial charge in [-0.2, -0.15) is 0 Å². The highest BCUT2D eigenvalue weighted by atomic mass is 79.9. The van der Waals surface area contributed by atoms with Crippen molar-refractivity contribution in [2.75, 3.05) is 32.8 Å². The summed E-state index contributed by atoms with van der Waals surface area (Å²) in [5, 5.41) is 0. The molecule has 0 aliphatic heterocycles. The van der Waals surface area contributed by atoms with Gasteiger partial charge >= 0.3 is 0 Å². The first-order valence-corrected chi connectivity index (χ1v) is 8.26. The SMILES string of the molecule is CCOCCN(CC)CC(=O)c1cc(Br)sc1Br. The molecule has 0 saturated carbocycles. The van der Waals surface area contributed by atoms with Crippen molar-refractivity contribution in [1.82, 2.24) is 4.90 Å². The first-order valence-electron chi connectivity index (χ1n) is 5.86. The molecule has 0 bridgehead atoms. The Morgan fingerprint density at radius 2 is 2.17 bits per heavy atom. The summed E-state index contributed by atoms with van der Waals surface area (Å²) in [6.07, 6.45) is 0. The maximum atomic E-state index is 12.2. The molecule has 0 radical (unpaired) electrons. The highest BCUT2D eigenvalue weighted by molar-refractivity contribution is 9.12. The van der Waals surface area contributed by atoms with Gasteiger partial charge in [0.15, 0.2) is 5.78 Å². The lowest BCUT2D eigenvalue weighted by molar-refractivity contribution is 0.0867. The number of carbonyl (C=O) groups is 1. The van der Waals surface area contributed by atoms with Crippen molar-refractivity contribution in [2.45, 2.75) is 13.8 Å². The number of Topliss-reactive ketones (excluding diaryl/α,β-unsaturated/α-hetero) is 1. The second-order valence-electron chi connectivity index (χ2n) is 3.73. The zero-order valence-corrected chi connectivity index (χ0v) is 14.5. The van der Waals surface area contributed by atoms with Crippen LogP contribution < -0.4 is 0 Å². The maximum Gasteiger partial charge on any atom is 0.178 e. The molecule has 6 heteroatoms. The standard InChI is InChI=1S/C12H17Br2NO2S/c1-3-15(5-6-17-4-2)8-10(16)9-7-11(13)18-12(9)14/h7H,3-6,8H2,1-2H3. The molecular formula is C12H17Br2NO2S. The average Bonchev–Trinajstić information content (AvgIpc) is 2.67. The lowest BCUT2D eigenvalue weighted by Crippen LogP contribution is -2.32. The van der Waals surface area contributed by atoms with Crippen LogP contribution in [0.15, 0.2) is 13.6 Å². The van der Waals surface area contributed by atoms with E-state index in [0.717, 1.165) is 26.2 Å². The van der Waals surface area contributed by atoms with Gasteiger partial charge < -0.3 is 4.74 Å².